The molecule has 0 unspecified atom stereocenters. The van der Waals surface area contributed by atoms with E-state index in [0.717, 1.165) is 37.7 Å². The van der Waals surface area contributed by atoms with Gasteiger partial charge in [0, 0.05) is 26.2 Å². The Hall–Kier alpha value is -1.26. The third-order valence-corrected chi connectivity index (χ3v) is 3.95. The minimum Gasteiger partial charge on any atom is -0.504 e. The first-order chi connectivity index (χ1) is 10.1. The molecule has 2 rings (SSSR count). The summed E-state index contributed by atoms with van der Waals surface area (Å²) in [5.41, 5.74) is 1.14. The van der Waals surface area contributed by atoms with Gasteiger partial charge in [-0.3, -0.25) is 4.90 Å². The monoisotopic (exact) mass is 292 g/mol. The van der Waals surface area contributed by atoms with E-state index < -0.39 is 0 Å². The van der Waals surface area contributed by atoms with Gasteiger partial charge >= 0.3 is 0 Å². The van der Waals surface area contributed by atoms with E-state index in [0.29, 0.717) is 5.75 Å². The molecule has 1 fully saturated rings. The number of ether oxygens (including phenoxy) is 1. The Kier molecular flexibility index (Phi) is 5.88. The van der Waals surface area contributed by atoms with Crippen molar-refractivity contribution in [1.82, 2.24) is 9.80 Å². The fraction of sp³-hybridized carbons (Fsp3) is 0.647. The summed E-state index contributed by atoms with van der Waals surface area (Å²) >= 11 is 0. The van der Waals surface area contributed by atoms with Crippen LogP contribution in [0.4, 0.5) is 0 Å². The maximum absolute atomic E-state index is 9.87. The molecule has 0 spiro atoms. The van der Waals surface area contributed by atoms with Gasteiger partial charge in [-0.2, -0.15) is 0 Å². The zero-order valence-electron chi connectivity index (χ0n) is 13.5. The largest absolute Gasteiger partial charge is 0.504 e. The Bertz CT molecular complexity index is 448. The van der Waals surface area contributed by atoms with Crippen LogP contribution in [-0.2, 0) is 6.54 Å². The van der Waals surface area contributed by atoms with E-state index in [-0.39, 0.29) is 5.75 Å². The first-order valence-corrected chi connectivity index (χ1v) is 7.89. The highest BCUT2D eigenvalue weighted by Crippen LogP contribution is 2.26. The molecule has 21 heavy (non-hydrogen) atoms. The Balaban J connectivity index is 1.90. The molecule has 1 aliphatic heterocycles. The van der Waals surface area contributed by atoms with E-state index in [1.165, 1.54) is 19.5 Å². The van der Waals surface area contributed by atoms with Crippen LogP contribution >= 0.6 is 0 Å². The Labute approximate surface area is 128 Å². The molecule has 1 aromatic rings. The smallest absolute Gasteiger partial charge is 0.160 e. The van der Waals surface area contributed by atoms with Crippen molar-refractivity contribution in [2.45, 2.75) is 26.8 Å². The standard InChI is InChI=1S/C17H28N2O2/c1-14(2)12-18-7-4-8-19(10-9-18)13-15-5-6-17(21-3)16(20)11-15/h5-6,11,14,20H,4,7-10,12-13H2,1-3H3. The summed E-state index contributed by atoms with van der Waals surface area (Å²) in [6.45, 7) is 11.2. The topological polar surface area (TPSA) is 35.9 Å². The van der Waals surface area contributed by atoms with E-state index in [4.69, 9.17) is 4.74 Å². The average Bonchev–Trinajstić information content (AvgIpc) is 2.64. The minimum absolute atomic E-state index is 0.228. The summed E-state index contributed by atoms with van der Waals surface area (Å²) in [6, 6.07) is 5.69. The lowest BCUT2D eigenvalue weighted by Crippen LogP contribution is -2.32. The van der Waals surface area contributed by atoms with Gasteiger partial charge < -0.3 is 14.7 Å². The van der Waals surface area contributed by atoms with Crippen molar-refractivity contribution >= 4 is 0 Å². The zero-order valence-corrected chi connectivity index (χ0v) is 13.5. The second-order valence-corrected chi connectivity index (χ2v) is 6.33. The van der Waals surface area contributed by atoms with Crippen molar-refractivity contribution in [1.29, 1.82) is 0 Å². The predicted molar refractivity (Wildman–Crippen MR) is 85.8 cm³/mol. The first-order valence-electron chi connectivity index (χ1n) is 7.89. The van der Waals surface area contributed by atoms with Crippen molar-refractivity contribution in [2.24, 2.45) is 5.92 Å². The summed E-state index contributed by atoms with van der Waals surface area (Å²) in [7, 11) is 1.58. The SMILES string of the molecule is COc1ccc(CN2CCCN(CC(C)C)CC2)cc1O. The third kappa shape index (κ3) is 4.90. The van der Waals surface area contributed by atoms with Gasteiger partial charge in [0.25, 0.3) is 0 Å². The molecule has 4 heteroatoms. The number of benzene rings is 1. The highest BCUT2D eigenvalue weighted by atomic mass is 16.5. The first kappa shape index (κ1) is 16.1. The maximum Gasteiger partial charge on any atom is 0.160 e. The predicted octanol–water partition coefficient (Wildman–Crippen LogP) is 2.56. The van der Waals surface area contributed by atoms with Crippen molar-refractivity contribution in [3.63, 3.8) is 0 Å². The van der Waals surface area contributed by atoms with Crippen LogP contribution in [0.1, 0.15) is 25.8 Å². The van der Waals surface area contributed by atoms with Crippen LogP contribution in [-0.4, -0.2) is 54.7 Å². The van der Waals surface area contributed by atoms with Crippen molar-refractivity contribution in [3.05, 3.63) is 23.8 Å². The molecule has 0 aliphatic carbocycles. The molecule has 4 nitrogen and oxygen atoms in total. The normalized spacial score (nSPS) is 17.9. The van der Waals surface area contributed by atoms with Gasteiger partial charge in [0.05, 0.1) is 7.11 Å². The summed E-state index contributed by atoms with van der Waals surface area (Å²) in [6.07, 6.45) is 1.22. The molecule has 0 radical (unpaired) electrons. The fourth-order valence-corrected chi connectivity index (χ4v) is 2.97. The van der Waals surface area contributed by atoms with E-state index in [2.05, 4.69) is 23.6 Å². The summed E-state index contributed by atoms with van der Waals surface area (Å²) in [5.74, 6) is 1.50. The van der Waals surface area contributed by atoms with E-state index in [1.807, 2.05) is 18.2 Å². The lowest BCUT2D eigenvalue weighted by atomic mass is 10.2. The van der Waals surface area contributed by atoms with Crippen LogP contribution in [0.25, 0.3) is 0 Å². The minimum atomic E-state index is 0.228. The molecular weight excluding hydrogens is 264 g/mol. The fourth-order valence-electron chi connectivity index (χ4n) is 2.97. The molecule has 1 saturated heterocycles. The lowest BCUT2D eigenvalue weighted by Gasteiger charge is -2.23. The molecule has 0 saturated carbocycles. The molecule has 0 bridgehead atoms. The van der Waals surface area contributed by atoms with Crippen LogP contribution in [0.5, 0.6) is 11.5 Å². The van der Waals surface area contributed by atoms with E-state index in [1.54, 1.807) is 7.11 Å². The molecule has 0 aromatic heterocycles. The Morgan fingerprint density at radius 1 is 1.14 bits per heavy atom. The summed E-state index contributed by atoms with van der Waals surface area (Å²) in [5, 5.41) is 9.87. The molecular formula is C17H28N2O2. The number of nitrogens with zero attached hydrogens (tertiary/aromatic N) is 2. The second kappa shape index (κ2) is 7.66. The number of hydrogen-bond acceptors (Lipinski definition) is 4. The highest BCUT2D eigenvalue weighted by Gasteiger charge is 2.16. The van der Waals surface area contributed by atoms with Crippen LogP contribution < -0.4 is 4.74 Å². The lowest BCUT2D eigenvalue weighted by molar-refractivity contribution is 0.235. The quantitative estimate of drug-likeness (QED) is 0.905. The number of rotatable bonds is 5. The Morgan fingerprint density at radius 3 is 2.52 bits per heavy atom. The van der Waals surface area contributed by atoms with Gasteiger partial charge in [-0.05, 0) is 43.1 Å². The molecule has 1 aromatic carbocycles. The molecule has 1 heterocycles. The second-order valence-electron chi connectivity index (χ2n) is 6.33. The van der Waals surface area contributed by atoms with Crippen LogP contribution in [0, 0.1) is 5.92 Å². The average molecular weight is 292 g/mol. The number of phenolic OH excluding ortho intramolecular Hbond substituents is 1. The summed E-state index contributed by atoms with van der Waals surface area (Å²) in [4.78, 5) is 5.04. The van der Waals surface area contributed by atoms with Gasteiger partial charge in [-0.1, -0.05) is 19.9 Å². The molecule has 1 aliphatic rings. The molecule has 0 amide bonds. The molecule has 1 N–H and O–H groups in total. The number of phenols is 1. The van der Waals surface area contributed by atoms with E-state index in [9.17, 15) is 5.11 Å². The van der Waals surface area contributed by atoms with Gasteiger partial charge in [0.1, 0.15) is 0 Å². The maximum atomic E-state index is 9.87. The zero-order chi connectivity index (χ0) is 15.2. The number of hydrogen-bond donors (Lipinski definition) is 1. The molecule has 0 atom stereocenters. The number of methoxy groups -OCH3 is 1. The number of aromatic hydroxyl groups is 1. The van der Waals surface area contributed by atoms with Gasteiger partial charge in [-0.15, -0.1) is 0 Å². The van der Waals surface area contributed by atoms with Crippen LogP contribution in [0.15, 0.2) is 18.2 Å². The van der Waals surface area contributed by atoms with Crippen LogP contribution in [0.3, 0.4) is 0 Å². The van der Waals surface area contributed by atoms with Gasteiger partial charge in [0.2, 0.25) is 0 Å². The van der Waals surface area contributed by atoms with Crippen molar-refractivity contribution < 1.29 is 9.84 Å². The summed E-state index contributed by atoms with van der Waals surface area (Å²) < 4.78 is 5.09. The molecule has 118 valence electrons. The van der Waals surface area contributed by atoms with Gasteiger partial charge in [0.15, 0.2) is 11.5 Å². The Morgan fingerprint density at radius 2 is 1.86 bits per heavy atom. The van der Waals surface area contributed by atoms with Crippen molar-refractivity contribution in [2.75, 3.05) is 39.8 Å². The van der Waals surface area contributed by atoms with Gasteiger partial charge in [-0.25, -0.2) is 0 Å². The third-order valence-electron chi connectivity index (χ3n) is 3.95. The highest BCUT2D eigenvalue weighted by molar-refractivity contribution is 5.41. The van der Waals surface area contributed by atoms with Crippen molar-refractivity contribution in [3.8, 4) is 11.5 Å². The van der Waals surface area contributed by atoms with Crippen LogP contribution in [0.2, 0.25) is 0 Å². The van der Waals surface area contributed by atoms with E-state index >= 15 is 0 Å².